The van der Waals surface area contributed by atoms with Gasteiger partial charge in [-0.15, -0.1) is 0 Å². The van der Waals surface area contributed by atoms with Crippen LogP contribution in [0.3, 0.4) is 0 Å². The Labute approximate surface area is 101 Å². The summed E-state index contributed by atoms with van der Waals surface area (Å²) in [5, 5.41) is 13.7. The first-order chi connectivity index (χ1) is 8.43. The Kier molecular flexibility index (Phi) is 2.98. The molecule has 88 valence electrons. The molecule has 2 aromatic rings. The van der Waals surface area contributed by atoms with Crippen LogP contribution in [-0.4, -0.2) is 41.3 Å². The molecule has 0 bridgehead atoms. The second-order valence-electron chi connectivity index (χ2n) is 4.44. The topological polar surface area (TPSA) is 41.0 Å². The fourth-order valence-electron chi connectivity index (χ4n) is 2.34. The van der Waals surface area contributed by atoms with Gasteiger partial charge in [-0.2, -0.15) is 10.2 Å². The van der Waals surface area contributed by atoms with E-state index in [1.165, 1.54) is 16.3 Å². The highest BCUT2D eigenvalue weighted by Crippen LogP contribution is 2.18. The number of nitrogens with zero attached hydrogens (tertiary/aromatic N) is 3. The van der Waals surface area contributed by atoms with E-state index >= 15 is 0 Å². The number of piperazine rings is 1. The minimum atomic E-state index is 1.00. The van der Waals surface area contributed by atoms with Crippen LogP contribution in [0.15, 0.2) is 30.6 Å². The summed E-state index contributed by atoms with van der Waals surface area (Å²) in [6, 6.07) is 6.37. The molecule has 0 aliphatic carbocycles. The summed E-state index contributed by atoms with van der Waals surface area (Å²) in [7, 11) is 0. The van der Waals surface area contributed by atoms with Crippen molar-refractivity contribution in [2.45, 2.75) is 6.54 Å². The summed E-state index contributed by atoms with van der Waals surface area (Å²) >= 11 is 0. The van der Waals surface area contributed by atoms with Gasteiger partial charge in [0.05, 0.1) is 12.4 Å². The normalized spacial score (nSPS) is 17.4. The molecule has 1 saturated heterocycles. The number of hydrogen-bond donors (Lipinski definition) is 1. The Morgan fingerprint density at radius 3 is 2.82 bits per heavy atom. The zero-order valence-electron chi connectivity index (χ0n) is 9.76. The minimum absolute atomic E-state index is 1.00. The van der Waals surface area contributed by atoms with Crippen molar-refractivity contribution >= 4 is 10.8 Å². The molecular formula is C13H16N4. The molecule has 1 aliphatic rings. The molecular weight excluding hydrogens is 212 g/mol. The van der Waals surface area contributed by atoms with Crippen LogP contribution in [0.25, 0.3) is 10.8 Å². The molecule has 0 atom stereocenters. The van der Waals surface area contributed by atoms with Gasteiger partial charge >= 0.3 is 0 Å². The summed E-state index contributed by atoms with van der Waals surface area (Å²) < 4.78 is 0. The summed E-state index contributed by atoms with van der Waals surface area (Å²) in [4.78, 5) is 2.48. The van der Waals surface area contributed by atoms with E-state index in [0.717, 1.165) is 32.7 Å². The maximum Gasteiger partial charge on any atom is 0.0577 e. The number of nitrogens with one attached hydrogen (secondary N) is 1. The van der Waals surface area contributed by atoms with E-state index in [4.69, 9.17) is 0 Å². The second kappa shape index (κ2) is 4.77. The Morgan fingerprint density at radius 1 is 1.12 bits per heavy atom. The van der Waals surface area contributed by atoms with E-state index in [0.29, 0.717) is 0 Å². The molecule has 17 heavy (non-hydrogen) atoms. The van der Waals surface area contributed by atoms with Crippen molar-refractivity contribution < 1.29 is 0 Å². The molecule has 4 nitrogen and oxygen atoms in total. The maximum atomic E-state index is 3.99. The Balaban J connectivity index is 1.89. The lowest BCUT2D eigenvalue weighted by Crippen LogP contribution is -2.42. The van der Waals surface area contributed by atoms with E-state index in [9.17, 15) is 0 Å². The smallest absolute Gasteiger partial charge is 0.0577 e. The fourth-order valence-corrected chi connectivity index (χ4v) is 2.34. The van der Waals surface area contributed by atoms with Gasteiger partial charge in [-0.1, -0.05) is 18.2 Å². The molecule has 0 radical (unpaired) electrons. The molecule has 0 unspecified atom stereocenters. The molecule has 3 rings (SSSR count). The number of rotatable bonds is 2. The molecule has 1 N–H and O–H groups in total. The molecule has 1 aromatic carbocycles. The van der Waals surface area contributed by atoms with Gasteiger partial charge < -0.3 is 5.32 Å². The molecule has 2 heterocycles. The van der Waals surface area contributed by atoms with Crippen LogP contribution in [0, 0.1) is 0 Å². The standard InChI is InChI=1S/C13H16N4/c1-2-11-8-15-16-9-13(11)12(3-1)10-17-6-4-14-5-7-17/h1-3,8-9,14H,4-7,10H2. The Morgan fingerprint density at radius 2 is 1.94 bits per heavy atom. The van der Waals surface area contributed by atoms with Gasteiger partial charge in [0.1, 0.15) is 0 Å². The van der Waals surface area contributed by atoms with E-state index in [1.807, 2.05) is 12.4 Å². The summed E-state index contributed by atoms with van der Waals surface area (Å²) in [6.45, 7) is 5.42. The molecule has 1 aliphatic heterocycles. The van der Waals surface area contributed by atoms with Gasteiger partial charge in [-0.05, 0) is 5.56 Å². The van der Waals surface area contributed by atoms with E-state index < -0.39 is 0 Å². The third kappa shape index (κ3) is 2.28. The predicted molar refractivity (Wildman–Crippen MR) is 67.7 cm³/mol. The predicted octanol–water partition coefficient (Wildman–Crippen LogP) is 1.03. The third-order valence-corrected chi connectivity index (χ3v) is 3.28. The lowest BCUT2D eigenvalue weighted by molar-refractivity contribution is 0.234. The molecule has 0 spiro atoms. The highest BCUT2D eigenvalue weighted by Gasteiger charge is 2.11. The number of fused-ring (bicyclic) bond motifs is 1. The van der Waals surface area contributed by atoms with Gasteiger partial charge in [0.15, 0.2) is 0 Å². The monoisotopic (exact) mass is 228 g/mol. The van der Waals surface area contributed by atoms with Crippen LogP contribution >= 0.6 is 0 Å². The number of aromatic nitrogens is 2. The van der Waals surface area contributed by atoms with Crippen LogP contribution in [0.1, 0.15) is 5.56 Å². The van der Waals surface area contributed by atoms with Crippen molar-refractivity contribution in [3.63, 3.8) is 0 Å². The van der Waals surface area contributed by atoms with Crippen molar-refractivity contribution in [2.24, 2.45) is 0 Å². The molecule has 4 heteroatoms. The van der Waals surface area contributed by atoms with Crippen LogP contribution in [0.2, 0.25) is 0 Å². The third-order valence-electron chi connectivity index (χ3n) is 3.28. The molecule has 0 saturated carbocycles. The van der Waals surface area contributed by atoms with Crippen molar-refractivity contribution in [1.29, 1.82) is 0 Å². The number of benzene rings is 1. The van der Waals surface area contributed by atoms with Crippen LogP contribution in [0.5, 0.6) is 0 Å². The highest BCUT2D eigenvalue weighted by molar-refractivity contribution is 5.83. The summed E-state index contributed by atoms with van der Waals surface area (Å²) in [5.74, 6) is 0. The van der Waals surface area contributed by atoms with Gasteiger partial charge in [-0.3, -0.25) is 4.90 Å². The zero-order chi connectivity index (χ0) is 11.5. The molecule has 0 amide bonds. The first-order valence-electron chi connectivity index (χ1n) is 6.05. The maximum absolute atomic E-state index is 3.99. The van der Waals surface area contributed by atoms with Crippen LogP contribution < -0.4 is 5.32 Å². The van der Waals surface area contributed by atoms with Crippen molar-refractivity contribution in [2.75, 3.05) is 26.2 Å². The zero-order valence-corrected chi connectivity index (χ0v) is 9.76. The lowest BCUT2D eigenvalue weighted by atomic mass is 10.1. The lowest BCUT2D eigenvalue weighted by Gasteiger charge is -2.27. The van der Waals surface area contributed by atoms with Gasteiger partial charge in [0.25, 0.3) is 0 Å². The Hall–Kier alpha value is -1.52. The average Bonchev–Trinajstić information content (AvgIpc) is 2.40. The molecule has 1 aromatic heterocycles. The van der Waals surface area contributed by atoms with Crippen LogP contribution in [0.4, 0.5) is 0 Å². The SMILES string of the molecule is c1cc(CN2CCNCC2)c2cnncc2c1. The van der Waals surface area contributed by atoms with Gasteiger partial charge in [-0.25, -0.2) is 0 Å². The van der Waals surface area contributed by atoms with E-state index in [-0.39, 0.29) is 0 Å². The van der Waals surface area contributed by atoms with Crippen molar-refractivity contribution in [3.8, 4) is 0 Å². The number of hydrogen-bond acceptors (Lipinski definition) is 4. The van der Waals surface area contributed by atoms with Crippen molar-refractivity contribution in [1.82, 2.24) is 20.4 Å². The average molecular weight is 228 g/mol. The summed E-state index contributed by atoms with van der Waals surface area (Å²) in [5.41, 5.74) is 1.35. The summed E-state index contributed by atoms with van der Waals surface area (Å²) in [6.07, 6.45) is 3.70. The van der Waals surface area contributed by atoms with E-state index in [1.54, 1.807) is 0 Å². The quantitative estimate of drug-likeness (QED) is 0.833. The minimum Gasteiger partial charge on any atom is -0.314 e. The Bertz CT molecular complexity index is 500. The highest BCUT2D eigenvalue weighted by atomic mass is 15.2. The van der Waals surface area contributed by atoms with E-state index in [2.05, 4.69) is 38.6 Å². The largest absolute Gasteiger partial charge is 0.314 e. The first-order valence-corrected chi connectivity index (χ1v) is 6.05. The van der Waals surface area contributed by atoms with Crippen LogP contribution in [-0.2, 0) is 6.54 Å². The second-order valence-corrected chi connectivity index (χ2v) is 4.44. The van der Waals surface area contributed by atoms with Gasteiger partial charge in [0.2, 0.25) is 0 Å². The van der Waals surface area contributed by atoms with Gasteiger partial charge in [0, 0.05) is 43.5 Å². The first kappa shape index (κ1) is 10.6. The fraction of sp³-hybridized carbons (Fsp3) is 0.385. The van der Waals surface area contributed by atoms with Crippen molar-refractivity contribution in [3.05, 3.63) is 36.2 Å². The molecule has 1 fully saturated rings.